The second-order valence-electron chi connectivity index (χ2n) is 3.52. The Hall–Kier alpha value is -2.24. The molecule has 0 fully saturated rings. The second-order valence-corrected chi connectivity index (χ2v) is 3.52. The van der Waals surface area contributed by atoms with Gasteiger partial charge in [-0.15, -0.1) is 0 Å². The highest BCUT2D eigenvalue weighted by Crippen LogP contribution is 2.13. The molecule has 0 bridgehead atoms. The maximum atomic E-state index is 13.3. The third kappa shape index (κ3) is 3.97. The summed E-state index contributed by atoms with van der Waals surface area (Å²) in [7, 11) is 0. The van der Waals surface area contributed by atoms with Crippen LogP contribution in [0.25, 0.3) is 0 Å². The third-order valence-electron chi connectivity index (χ3n) is 2.12. The minimum absolute atomic E-state index is 0.0972. The molecule has 96 valence electrons. The molecule has 0 aromatic heterocycles. The van der Waals surface area contributed by atoms with Gasteiger partial charge in [0, 0.05) is 12.2 Å². The lowest BCUT2D eigenvalue weighted by Crippen LogP contribution is -2.17. The largest absolute Gasteiger partial charge is 0.368 e. The summed E-state index contributed by atoms with van der Waals surface area (Å²) in [6, 6.07) is 4.72. The predicted octanol–water partition coefficient (Wildman–Crippen LogP) is 1.94. The van der Waals surface area contributed by atoms with Crippen LogP contribution < -0.4 is 11.1 Å². The Morgan fingerprint density at radius 3 is 2.78 bits per heavy atom. The van der Waals surface area contributed by atoms with Crippen LogP contribution in [-0.4, -0.2) is 25.2 Å². The quantitative estimate of drug-likeness (QED) is 0.620. The molecular formula is C12H16FN5. The lowest BCUT2D eigenvalue weighted by molar-refractivity contribution is 0.619. The fraction of sp³-hybridized carbons (Fsp3) is 0.250. The number of nitrogens with one attached hydrogen (secondary N) is 1. The highest BCUT2D eigenvalue weighted by atomic mass is 19.1. The molecule has 0 amide bonds. The van der Waals surface area contributed by atoms with Crippen molar-refractivity contribution < 1.29 is 4.39 Å². The minimum Gasteiger partial charge on any atom is -0.368 e. The molecule has 6 heteroatoms. The van der Waals surface area contributed by atoms with Crippen molar-refractivity contribution in [1.29, 1.82) is 0 Å². The highest BCUT2D eigenvalue weighted by molar-refractivity contribution is 6.03. The zero-order valence-electron chi connectivity index (χ0n) is 10.4. The van der Waals surface area contributed by atoms with E-state index in [0.29, 0.717) is 17.8 Å². The molecule has 0 saturated heterocycles. The molecule has 0 radical (unpaired) electrons. The molecule has 0 aliphatic carbocycles. The summed E-state index contributed by atoms with van der Waals surface area (Å²) in [6.07, 6.45) is 0. The van der Waals surface area contributed by atoms with Crippen molar-refractivity contribution in [2.75, 3.05) is 11.9 Å². The van der Waals surface area contributed by atoms with Crippen molar-refractivity contribution in [3.05, 3.63) is 29.6 Å². The molecule has 5 nitrogen and oxygen atoms in total. The summed E-state index contributed by atoms with van der Waals surface area (Å²) in [5, 5.41) is 2.81. The van der Waals surface area contributed by atoms with Crippen molar-refractivity contribution in [2.45, 2.75) is 13.8 Å². The smallest absolute Gasteiger partial charge is 0.229 e. The van der Waals surface area contributed by atoms with Crippen LogP contribution in [0, 0.1) is 12.7 Å². The Balaban J connectivity index is 2.89. The van der Waals surface area contributed by atoms with Gasteiger partial charge in [0.25, 0.3) is 0 Å². The van der Waals surface area contributed by atoms with Gasteiger partial charge in [0.2, 0.25) is 11.9 Å². The van der Waals surface area contributed by atoms with E-state index in [2.05, 4.69) is 27.0 Å². The first-order valence-corrected chi connectivity index (χ1v) is 5.45. The molecule has 0 unspecified atom stereocenters. The Bertz CT molecular complexity index is 493. The molecule has 0 heterocycles. The number of hydrogen-bond donors (Lipinski definition) is 2. The van der Waals surface area contributed by atoms with E-state index in [4.69, 9.17) is 5.73 Å². The van der Waals surface area contributed by atoms with E-state index in [1.807, 2.05) is 6.92 Å². The molecule has 3 N–H and O–H groups in total. The Labute approximate surface area is 105 Å². The number of aryl methyl sites for hydroxylation is 1. The molecule has 0 aliphatic rings. The van der Waals surface area contributed by atoms with Crippen LogP contribution >= 0.6 is 0 Å². The fourth-order valence-electron chi connectivity index (χ4n) is 1.21. The number of benzene rings is 1. The summed E-state index contributed by atoms with van der Waals surface area (Å²) in [5.74, 6) is -0.0356. The number of nitrogens with two attached hydrogens (primary N) is 1. The van der Waals surface area contributed by atoms with E-state index in [-0.39, 0.29) is 17.7 Å². The maximum Gasteiger partial charge on any atom is 0.229 e. The van der Waals surface area contributed by atoms with Gasteiger partial charge in [0.1, 0.15) is 5.82 Å². The van der Waals surface area contributed by atoms with E-state index >= 15 is 0 Å². The summed E-state index contributed by atoms with van der Waals surface area (Å²) >= 11 is 0. The number of aliphatic imine (C=N–C) groups is 3. The fourth-order valence-corrected chi connectivity index (χ4v) is 1.21. The van der Waals surface area contributed by atoms with Gasteiger partial charge in [0.15, 0.2) is 0 Å². The molecule has 0 atom stereocenters. The summed E-state index contributed by atoms with van der Waals surface area (Å²) in [6.45, 7) is 7.42. The van der Waals surface area contributed by atoms with E-state index in [9.17, 15) is 4.39 Å². The van der Waals surface area contributed by atoms with Crippen molar-refractivity contribution in [3.63, 3.8) is 0 Å². The molecule has 1 rings (SSSR count). The average Bonchev–Trinajstić information content (AvgIpc) is 2.33. The van der Waals surface area contributed by atoms with Gasteiger partial charge < -0.3 is 11.1 Å². The maximum absolute atomic E-state index is 13.3. The first kappa shape index (κ1) is 13.8. The molecule has 18 heavy (non-hydrogen) atoms. The van der Waals surface area contributed by atoms with Crippen molar-refractivity contribution in [2.24, 2.45) is 20.7 Å². The second kappa shape index (κ2) is 6.48. The summed E-state index contributed by atoms with van der Waals surface area (Å²) < 4.78 is 13.3. The van der Waals surface area contributed by atoms with Gasteiger partial charge in [0.05, 0.1) is 0 Å². The van der Waals surface area contributed by atoms with Gasteiger partial charge in [-0.25, -0.2) is 9.38 Å². The van der Waals surface area contributed by atoms with Crippen LogP contribution in [-0.2, 0) is 0 Å². The number of hydrogen-bond acceptors (Lipinski definition) is 1. The van der Waals surface area contributed by atoms with Gasteiger partial charge >= 0.3 is 0 Å². The van der Waals surface area contributed by atoms with E-state index in [1.165, 1.54) is 6.07 Å². The first-order valence-electron chi connectivity index (χ1n) is 5.45. The topological polar surface area (TPSA) is 75.1 Å². The number of guanidine groups is 2. The predicted molar refractivity (Wildman–Crippen MR) is 73.9 cm³/mol. The lowest BCUT2D eigenvalue weighted by Gasteiger charge is -2.06. The highest BCUT2D eigenvalue weighted by Gasteiger charge is 2.02. The molecular weight excluding hydrogens is 233 g/mol. The molecule has 0 spiro atoms. The van der Waals surface area contributed by atoms with Crippen LogP contribution in [0.1, 0.15) is 12.5 Å². The Kier molecular flexibility index (Phi) is 4.98. The number of rotatable bonds is 2. The zero-order valence-corrected chi connectivity index (χ0v) is 10.4. The lowest BCUT2D eigenvalue weighted by atomic mass is 10.2. The van der Waals surface area contributed by atoms with E-state index < -0.39 is 0 Å². The van der Waals surface area contributed by atoms with Crippen LogP contribution in [0.2, 0.25) is 0 Å². The van der Waals surface area contributed by atoms with Gasteiger partial charge in [-0.1, -0.05) is 6.07 Å². The van der Waals surface area contributed by atoms with Crippen LogP contribution in [0.4, 0.5) is 10.1 Å². The van der Waals surface area contributed by atoms with Crippen molar-refractivity contribution in [1.82, 2.24) is 0 Å². The Morgan fingerprint density at radius 2 is 2.22 bits per heavy atom. The number of halogens is 1. The number of nitrogens with zero attached hydrogens (tertiary/aromatic N) is 3. The SMILES string of the molecule is C=N/C(=N\C(N)=NCC)Nc1ccc(C)c(F)c1. The summed E-state index contributed by atoms with van der Waals surface area (Å²) in [5.41, 5.74) is 6.62. The normalized spacial score (nSPS) is 12.4. The molecule has 1 aromatic carbocycles. The number of anilines is 1. The first-order chi connectivity index (χ1) is 8.56. The molecule has 0 saturated carbocycles. The van der Waals surface area contributed by atoms with E-state index in [1.54, 1.807) is 19.1 Å². The molecule has 1 aromatic rings. The van der Waals surface area contributed by atoms with Crippen LogP contribution in [0.5, 0.6) is 0 Å². The van der Waals surface area contributed by atoms with E-state index in [0.717, 1.165) is 0 Å². The molecule has 0 aliphatic heterocycles. The van der Waals surface area contributed by atoms with Crippen molar-refractivity contribution in [3.8, 4) is 0 Å². The standard InChI is InChI=1S/C12H16FN5/c1-4-16-11(14)18-12(15-3)17-9-6-5-8(2)10(13)7-9/h5-7H,3-4H2,1-2H3,(H3,14,16,17,18). The van der Waals surface area contributed by atoms with Gasteiger partial charge in [-0.2, -0.15) is 4.99 Å². The zero-order chi connectivity index (χ0) is 13.5. The van der Waals surface area contributed by atoms with Crippen molar-refractivity contribution >= 4 is 24.3 Å². The summed E-state index contributed by atoms with van der Waals surface area (Å²) in [4.78, 5) is 11.5. The van der Waals surface area contributed by atoms with Gasteiger partial charge in [-0.05, 0) is 38.3 Å². The van der Waals surface area contributed by atoms with Crippen LogP contribution in [0.15, 0.2) is 33.2 Å². The Morgan fingerprint density at radius 1 is 1.50 bits per heavy atom. The average molecular weight is 249 g/mol. The van der Waals surface area contributed by atoms with Gasteiger partial charge in [-0.3, -0.25) is 4.99 Å². The minimum atomic E-state index is -0.307. The monoisotopic (exact) mass is 249 g/mol. The third-order valence-corrected chi connectivity index (χ3v) is 2.12. The van der Waals surface area contributed by atoms with Crippen LogP contribution in [0.3, 0.4) is 0 Å².